The van der Waals surface area contributed by atoms with Gasteiger partial charge in [0.15, 0.2) is 0 Å². The fourth-order valence-corrected chi connectivity index (χ4v) is 5.55. The largest absolute Gasteiger partial charge is 0.416 e. The number of halogens is 4. The zero-order valence-electron chi connectivity index (χ0n) is 26.0. The van der Waals surface area contributed by atoms with Gasteiger partial charge >= 0.3 is 22.3 Å². The highest BCUT2D eigenvalue weighted by atomic mass is 32.2. The van der Waals surface area contributed by atoms with Crippen LogP contribution in [-0.4, -0.2) is 30.4 Å². The molecule has 5 aromatic rings. The van der Waals surface area contributed by atoms with Gasteiger partial charge in [0, 0.05) is 23.5 Å². The summed E-state index contributed by atoms with van der Waals surface area (Å²) in [6.45, 7) is 0.880. The Morgan fingerprint density at radius 3 is 2.17 bits per heavy atom. The molecule has 0 aliphatic heterocycles. The SMILES string of the molecule is CS(=O)(=O)OC(=O)CCc1ccc(NCc2ccc(Cn3nc(-c4ccc(C(F)(F)F)cc4)cc3CCc3ccccc3)cc2)cc1F. The van der Waals surface area contributed by atoms with Gasteiger partial charge in [-0.25, -0.2) is 4.39 Å². The fourth-order valence-electron chi connectivity index (χ4n) is 5.13. The highest BCUT2D eigenvalue weighted by Gasteiger charge is 2.30. The lowest BCUT2D eigenvalue weighted by Gasteiger charge is -2.11. The molecule has 0 atom stereocenters. The van der Waals surface area contributed by atoms with E-state index in [1.54, 1.807) is 6.07 Å². The second-order valence-electron chi connectivity index (χ2n) is 11.4. The fraction of sp³-hybridized carbons (Fsp3) is 0.222. The van der Waals surface area contributed by atoms with E-state index in [1.165, 1.54) is 29.8 Å². The van der Waals surface area contributed by atoms with Crippen LogP contribution in [0.2, 0.25) is 0 Å². The van der Waals surface area contributed by atoms with Crippen molar-refractivity contribution in [3.8, 4) is 11.3 Å². The lowest BCUT2D eigenvalue weighted by molar-refractivity contribution is -0.137. The van der Waals surface area contributed by atoms with Crippen LogP contribution in [0.25, 0.3) is 11.3 Å². The number of nitrogens with zero attached hydrogens (tertiary/aromatic N) is 2. The molecule has 48 heavy (non-hydrogen) atoms. The summed E-state index contributed by atoms with van der Waals surface area (Å²) >= 11 is 0. The maximum atomic E-state index is 14.6. The molecule has 0 radical (unpaired) electrons. The van der Waals surface area contributed by atoms with Crippen LogP contribution >= 0.6 is 0 Å². The number of benzene rings is 4. The van der Waals surface area contributed by atoms with Gasteiger partial charge in [0.05, 0.1) is 30.5 Å². The Labute approximate surface area is 276 Å². The molecule has 7 nitrogen and oxygen atoms in total. The summed E-state index contributed by atoms with van der Waals surface area (Å²) in [6, 6.07) is 29.3. The zero-order chi connectivity index (χ0) is 34.3. The number of alkyl halides is 3. The summed E-state index contributed by atoms with van der Waals surface area (Å²) in [5, 5.41) is 7.94. The van der Waals surface area contributed by atoms with Gasteiger partial charge in [0.2, 0.25) is 0 Å². The van der Waals surface area contributed by atoms with E-state index in [-0.39, 0.29) is 18.4 Å². The van der Waals surface area contributed by atoms with Crippen molar-refractivity contribution in [1.82, 2.24) is 9.78 Å². The van der Waals surface area contributed by atoms with Gasteiger partial charge in [0.25, 0.3) is 0 Å². The van der Waals surface area contributed by atoms with Crippen molar-refractivity contribution < 1.29 is 35.0 Å². The van der Waals surface area contributed by atoms with Gasteiger partial charge in [-0.05, 0) is 71.8 Å². The molecular formula is C36H33F4N3O4S. The first-order chi connectivity index (χ1) is 22.8. The first-order valence-corrected chi connectivity index (χ1v) is 16.9. The summed E-state index contributed by atoms with van der Waals surface area (Å²) in [4.78, 5) is 11.6. The Balaban J connectivity index is 1.23. The summed E-state index contributed by atoms with van der Waals surface area (Å²) in [5.74, 6) is -1.47. The van der Waals surface area contributed by atoms with E-state index < -0.39 is 33.6 Å². The molecule has 4 aromatic carbocycles. The van der Waals surface area contributed by atoms with Gasteiger partial charge in [-0.2, -0.15) is 26.7 Å². The van der Waals surface area contributed by atoms with Crippen molar-refractivity contribution in [3.63, 3.8) is 0 Å². The number of aromatic nitrogens is 2. The molecule has 0 aliphatic rings. The minimum Gasteiger partial charge on any atom is -0.381 e. The molecule has 0 bridgehead atoms. The average Bonchev–Trinajstić information content (AvgIpc) is 3.44. The molecule has 0 saturated carbocycles. The Bertz CT molecular complexity index is 1960. The average molecular weight is 680 g/mol. The van der Waals surface area contributed by atoms with Gasteiger partial charge in [-0.3, -0.25) is 9.48 Å². The van der Waals surface area contributed by atoms with Crippen LogP contribution in [0.15, 0.2) is 103 Å². The molecule has 0 spiro atoms. The zero-order valence-corrected chi connectivity index (χ0v) is 26.8. The van der Waals surface area contributed by atoms with Crippen molar-refractivity contribution in [2.45, 2.75) is 44.9 Å². The van der Waals surface area contributed by atoms with E-state index in [9.17, 15) is 30.8 Å². The second-order valence-corrected chi connectivity index (χ2v) is 12.9. The van der Waals surface area contributed by atoms with E-state index in [0.717, 1.165) is 41.6 Å². The first-order valence-electron chi connectivity index (χ1n) is 15.1. The van der Waals surface area contributed by atoms with Crippen LogP contribution < -0.4 is 5.32 Å². The number of nitrogens with one attached hydrogen (secondary N) is 1. The predicted octanol–water partition coefficient (Wildman–Crippen LogP) is 7.59. The summed E-state index contributed by atoms with van der Waals surface area (Å²) < 4.78 is 82.2. The van der Waals surface area contributed by atoms with Crippen molar-refractivity contribution in [2.24, 2.45) is 0 Å². The van der Waals surface area contributed by atoms with E-state index >= 15 is 0 Å². The van der Waals surface area contributed by atoms with Crippen LogP contribution in [0.5, 0.6) is 0 Å². The highest BCUT2D eigenvalue weighted by molar-refractivity contribution is 7.86. The Morgan fingerprint density at radius 1 is 0.833 bits per heavy atom. The number of carbonyl (C=O) groups excluding carboxylic acids is 1. The molecule has 250 valence electrons. The number of hydrogen-bond acceptors (Lipinski definition) is 6. The van der Waals surface area contributed by atoms with Gasteiger partial charge in [-0.1, -0.05) is 72.8 Å². The van der Waals surface area contributed by atoms with Crippen LogP contribution in [-0.2, 0) is 57.6 Å². The van der Waals surface area contributed by atoms with Crippen LogP contribution in [0.1, 0.15) is 39.9 Å². The number of hydrogen-bond donors (Lipinski definition) is 1. The van der Waals surface area contributed by atoms with Crippen LogP contribution in [0.3, 0.4) is 0 Å². The summed E-state index contributed by atoms with van der Waals surface area (Å²) in [7, 11) is -3.91. The smallest absolute Gasteiger partial charge is 0.381 e. The third-order valence-corrected chi connectivity index (χ3v) is 8.12. The third-order valence-electron chi connectivity index (χ3n) is 7.63. The van der Waals surface area contributed by atoms with Crippen LogP contribution in [0, 0.1) is 5.82 Å². The quantitative estimate of drug-likeness (QED) is 0.102. The minimum atomic E-state index is -4.41. The minimum absolute atomic E-state index is 0.00200. The van der Waals surface area contributed by atoms with Gasteiger partial charge < -0.3 is 9.50 Å². The van der Waals surface area contributed by atoms with Crippen molar-refractivity contribution in [1.29, 1.82) is 0 Å². The van der Waals surface area contributed by atoms with Gasteiger partial charge in [-0.15, -0.1) is 0 Å². The number of carbonyl (C=O) groups is 1. The molecule has 0 saturated heterocycles. The van der Waals surface area contributed by atoms with E-state index in [2.05, 4.69) is 21.6 Å². The molecule has 1 aromatic heterocycles. The molecule has 1 heterocycles. The Morgan fingerprint density at radius 2 is 1.52 bits per heavy atom. The second kappa shape index (κ2) is 14.8. The van der Waals surface area contributed by atoms with E-state index in [0.29, 0.717) is 36.5 Å². The van der Waals surface area contributed by atoms with Crippen molar-refractivity contribution in [3.05, 3.63) is 142 Å². The van der Waals surface area contributed by atoms with Crippen molar-refractivity contribution >= 4 is 21.8 Å². The molecule has 1 N–H and O–H groups in total. The lowest BCUT2D eigenvalue weighted by Crippen LogP contribution is -2.12. The standard InChI is InChI=1S/C36H33F4N3O4S/c1-48(45,46)47-35(44)20-15-28-14-18-31(21-33(28)37)41-23-26-7-9-27(10-8-26)24-43-32(19-11-25-5-3-2-4-6-25)22-34(42-43)29-12-16-30(17-13-29)36(38,39)40/h2-10,12-14,16-18,21-22,41H,11,15,19-20,23-24H2,1H3. The number of aryl methyl sites for hydroxylation is 3. The summed E-state index contributed by atoms with van der Waals surface area (Å²) in [5.41, 5.74) is 5.34. The number of rotatable bonds is 13. The lowest BCUT2D eigenvalue weighted by atomic mass is 10.1. The molecule has 0 fully saturated rings. The maximum absolute atomic E-state index is 14.6. The van der Waals surface area contributed by atoms with Crippen LogP contribution in [0.4, 0.5) is 23.2 Å². The summed E-state index contributed by atoms with van der Waals surface area (Å²) in [6.07, 6.45) is -2.44. The predicted molar refractivity (Wildman–Crippen MR) is 175 cm³/mol. The molecule has 0 aliphatic carbocycles. The highest BCUT2D eigenvalue weighted by Crippen LogP contribution is 2.31. The number of anilines is 1. The monoisotopic (exact) mass is 679 g/mol. The Kier molecular flexibility index (Phi) is 10.6. The van der Waals surface area contributed by atoms with Crippen molar-refractivity contribution in [2.75, 3.05) is 11.6 Å². The topological polar surface area (TPSA) is 90.3 Å². The normalized spacial score (nSPS) is 11.8. The third kappa shape index (κ3) is 9.77. The molecule has 0 unspecified atom stereocenters. The van der Waals surface area contributed by atoms with Gasteiger partial charge in [0.1, 0.15) is 5.82 Å². The molecular weight excluding hydrogens is 646 g/mol. The van der Waals surface area contributed by atoms with E-state index in [4.69, 9.17) is 5.10 Å². The molecule has 0 amide bonds. The first kappa shape index (κ1) is 34.4. The molecule has 5 rings (SSSR count). The maximum Gasteiger partial charge on any atom is 0.416 e. The Hall–Kier alpha value is -4.97. The molecule has 12 heteroatoms. The van der Waals surface area contributed by atoms with E-state index in [1.807, 2.05) is 53.2 Å².